The van der Waals surface area contributed by atoms with Crippen LogP contribution in [0.3, 0.4) is 0 Å². The van der Waals surface area contributed by atoms with Crippen molar-refractivity contribution < 1.29 is 9.00 Å². The molecule has 1 aliphatic heterocycles. The molecule has 0 aromatic heterocycles. The molecular formula is C8H16N2O2S. The zero-order valence-electron chi connectivity index (χ0n) is 7.84. The molecule has 0 saturated carbocycles. The first-order valence-electron chi connectivity index (χ1n) is 4.48. The second-order valence-electron chi connectivity index (χ2n) is 3.28. The number of carbonyl (C=O) groups is 1. The summed E-state index contributed by atoms with van der Waals surface area (Å²) < 4.78 is 10.7. The van der Waals surface area contributed by atoms with Gasteiger partial charge in [0.15, 0.2) is 0 Å². The van der Waals surface area contributed by atoms with Gasteiger partial charge >= 0.3 is 0 Å². The Morgan fingerprint density at radius 1 is 1.69 bits per heavy atom. The van der Waals surface area contributed by atoms with Crippen LogP contribution in [-0.4, -0.2) is 41.3 Å². The molecule has 1 heterocycles. The highest BCUT2D eigenvalue weighted by molar-refractivity contribution is 7.84. The maximum atomic E-state index is 11.2. The molecule has 0 aliphatic carbocycles. The van der Waals surface area contributed by atoms with Crippen LogP contribution in [0.4, 0.5) is 0 Å². The summed E-state index contributed by atoms with van der Waals surface area (Å²) >= 11 is 0. The van der Waals surface area contributed by atoms with Crippen molar-refractivity contribution in [3.63, 3.8) is 0 Å². The normalized spacial score (nSPS) is 24.2. The minimum absolute atomic E-state index is 0.0175. The molecule has 1 saturated heterocycles. The molecule has 1 aliphatic rings. The second-order valence-corrected chi connectivity index (χ2v) is 4.84. The number of carbonyl (C=O) groups excluding carboxylic acids is 1. The lowest BCUT2D eigenvalue weighted by Crippen LogP contribution is -2.36. The van der Waals surface area contributed by atoms with E-state index in [1.807, 2.05) is 0 Å². The standard InChI is InChI=1S/C8H16N2O2S/c1-13(12)5-3-8(11)10-7-2-4-9-6-7/h7,9H,2-6H2,1H3,(H,10,11). The summed E-state index contributed by atoms with van der Waals surface area (Å²) in [5.74, 6) is 0.482. The molecule has 0 bridgehead atoms. The van der Waals surface area contributed by atoms with Gasteiger partial charge in [0.2, 0.25) is 5.91 Å². The molecule has 0 aromatic carbocycles. The van der Waals surface area contributed by atoms with Crippen LogP contribution in [-0.2, 0) is 15.6 Å². The van der Waals surface area contributed by atoms with Crippen molar-refractivity contribution in [1.82, 2.24) is 10.6 Å². The molecular weight excluding hydrogens is 188 g/mol. The highest BCUT2D eigenvalue weighted by Gasteiger charge is 2.16. The summed E-state index contributed by atoms with van der Waals surface area (Å²) in [4.78, 5) is 11.2. The summed E-state index contributed by atoms with van der Waals surface area (Å²) in [5, 5.41) is 6.07. The lowest BCUT2D eigenvalue weighted by Gasteiger charge is -2.10. The molecule has 1 fully saturated rings. The van der Waals surface area contributed by atoms with Gasteiger partial charge in [-0.15, -0.1) is 0 Å². The Bertz CT molecular complexity index is 202. The van der Waals surface area contributed by atoms with E-state index in [2.05, 4.69) is 10.6 Å². The Kier molecular flexibility index (Phi) is 4.38. The molecule has 2 atom stereocenters. The van der Waals surface area contributed by atoms with Gasteiger partial charge in [-0.1, -0.05) is 0 Å². The van der Waals surface area contributed by atoms with E-state index >= 15 is 0 Å². The minimum atomic E-state index is -0.866. The smallest absolute Gasteiger partial charge is 0.221 e. The molecule has 1 rings (SSSR count). The Morgan fingerprint density at radius 2 is 2.46 bits per heavy atom. The molecule has 0 radical (unpaired) electrons. The molecule has 2 N–H and O–H groups in total. The van der Waals surface area contributed by atoms with E-state index in [9.17, 15) is 9.00 Å². The largest absolute Gasteiger partial charge is 0.352 e. The lowest BCUT2D eigenvalue weighted by atomic mass is 10.2. The van der Waals surface area contributed by atoms with Gasteiger partial charge in [0.05, 0.1) is 0 Å². The second kappa shape index (κ2) is 5.34. The Hall–Kier alpha value is -0.420. The van der Waals surface area contributed by atoms with Crippen LogP contribution >= 0.6 is 0 Å². The van der Waals surface area contributed by atoms with Gasteiger partial charge in [0.25, 0.3) is 0 Å². The number of hydrogen-bond donors (Lipinski definition) is 2. The number of amides is 1. The molecule has 0 spiro atoms. The predicted molar refractivity (Wildman–Crippen MR) is 53.0 cm³/mol. The first-order chi connectivity index (χ1) is 6.18. The number of hydrogen-bond acceptors (Lipinski definition) is 3. The summed E-state index contributed by atoms with van der Waals surface area (Å²) in [6.45, 7) is 1.84. The van der Waals surface area contributed by atoms with Gasteiger partial charge in [-0.25, -0.2) is 0 Å². The van der Waals surface area contributed by atoms with Gasteiger partial charge in [0.1, 0.15) is 0 Å². The zero-order valence-corrected chi connectivity index (χ0v) is 8.65. The fourth-order valence-electron chi connectivity index (χ4n) is 1.31. The maximum absolute atomic E-state index is 11.2. The number of nitrogens with one attached hydrogen (secondary N) is 2. The minimum Gasteiger partial charge on any atom is -0.352 e. The maximum Gasteiger partial charge on any atom is 0.221 e. The summed E-state index contributed by atoms with van der Waals surface area (Å²) in [5.41, 5.74) is 0. The summed E-state index contributed by atoms with van der Waals surface area (Å²) in [6.07, 6.45) is 2.99. The van der Waals surface area contributed by atoms with Crippen LogP contribution in [0.2, 0.25) is 0 Å². The first kappa shape index (κ1) is 10.7. The summed E-state index contributed by atoms with van der Waals surface area (Å²) in [6, 6.07) is 0.276. The van der Waals surface area contributed by atoms with E-state index in [-0.39, 0.29) is 11.9 Å². The van der Waals surface area contributed by atoms with E-state index in [0.717, 1.165) is 19.5 Å². The SMILES string of the molecule is CS(=O)CCC(=O)NC1CCNC1. The average Bonchev–Trinajstić information content (AvgIpc) is 2.53. The zero-order chi connectivity index (χ0) is 9.68. The van der Waals surface area contributed by atoms with Crippen molar-refractivity contribution in [2.75, 3.05) is 25.1 Å². The topological polar surface area (TPSA) is 58.2 Å². The molecule has 0 aromatic rings. The number of rotatable bonds is 4. The van der Waals surface area contributed by atoms with Gasteiger partial charge < -0.3 is 10.6 Å². The van der Waals surface area contributed by atoms with E-state index < -0.39 is 10.8 Å². The monoisotopic (exact) mass is 204 g/mol. The van der Waals surface area contributed by atoms with Crippen molar-refractivity contribution in [2.24, 2.45) is 0 Å². The van der Waals surface area contributed by atoms with Gasteiger partial charge in [0, 0.05) is 41.8 Å². The van der Waals surface area contributed by atoms with Crippen LogP contribution in [0, 0.1) is 0 Å². The van der Waals surface area contributed by atoms with Gasteiger partial charge in [-0.2, -0.15) is 0 Å². The third-order valence-corrected chi connectivity index (χ3v) is 2.82. The Morgan fingerprint density at radius 3 is 3.00 bits per heavy atom. The third-order valence-electron chi connectivity index (χ3n) is 2.04. The molecule has 5 heteroatoms. The molecule has 4 nitrogen and oxygen atoms in total. The molecule has 1 amide bonds. The van der Waals surface area contributed by atoms with Crippen molar-refractivity contribution in [2.45, 2.75) is 18.9 Å². The van der Waals surface area contributed by atoms with Gasteiger partial charge in [-0.05, 0) is 13.0 Å². The van der Waals surface area contributed by atoms with E-state index in [1.165, 1.54) is 0 Å². The Balaban J connectivity index is 2.13. The van der Waals surface area contributed by atoms with Crippen LogP contribution in [0.1, 0.15) is 12.8 Å². The van der Waals surface area contributed by atoms with E-state index in [0.29, 0.717) is 12.2 Å². The van der Waals surface area contributed by atoms with Crippen LogP contribution in [0.15, 0.2) is 0 Å². The third kappa shape index (κ3) is 4.38. The first-order valence-corrected chi connectivity index (χ1v) is 6.21. The highest BCUT2D eigenvalue weighted by atomic mass is 32.2. The lowest BCUT2D eigenvalue weighted by molar-refractivity contribution is -0.121. The Labute approximate surface area is 80.9 Å². The van der Waals surface area contributed by atoms with E-state index in [4.69, 9.17) is 0 Å². The molecule has 2 unspecified atom stereocenters. The average molecular weight is 204 g/mol. The quantitative estimate of drug-likeness (QED) is 0.632. The van der Waals surface area contributed by atoms with E-state index in [1.54, 1.807) is 6.26 Å². The fraction of sp³-hybridized carbons (Fsp3) is 0.875. The van der Waals surface area contributed by atoms with Crippen molar-refractivity contribution in [3.05, 3.63) is 0 Å². The highest BCUT2D eigenvalue weighted by Crippen LogP contribution is 1.97. The predicted octanol–water partition coefficient (Wildman–Crippen LogP) is -0.767. The van der Waals surface area contributed by atoms with Crippen LogP contribution < -0.4 is 10.6 Å². The van der Waals surface area contributed by atoms with Gasteiger partial charge in [-0.3, -0.25) is 9.00 Å². The fourth-order valence-corrected chi connectivity index (χ4v) is 1.79. The van der Waals surface area contributed by atoms with Crippen molar-refractivity contribution in [1.29, 1.82) is 0 Å². The molecule has 76 valence electrons. The molecule has 13 heavy (non-hydrogen) atoms. The van der Waals surface area contributed by atoms with Crippen LogP contribution in [0.5, 0.6) is 0 Å². The summed E-state index contributed by atoms with van der Waals surface area (Å²) in [7, 11) is -0.866. The van der Waals surface area contributed by atoms with Crippen molar-refractivity contribution in [3.8, 4) is 0 Å². The van der Waals surface area contributed by atoms with Crippen LogP contribution in [0.25, 0.3) is 0 Å². The van der Waals surface area contributed by atoms with Crippen molar-refractivity contribution >= 4 is 16.7 Å².